The van der Waals surface area contributed by atoms with Gasteiger partial charge in [-0.2, -0.15) is 0 Å². The molecule has 5 rings (SSSR count). The molecule has 1 aromatic rings. The zero-order chi connectivity index (χ0) is 16.7. The van der Waals surface area contributed by atoms with Crippen molar-refractivity contribution in [2.24, 2.45) is 23.2 Å². The van der Waals surface area contributed by atoms with Crippen LogP contribution in [0.25, 0.3) is 0 Å². The fraction of sp³-hybridized carbons (Fsp3) is 0.650. The molecule has 3 nitrogen and oxygen atoms in total. The van der Waals surface area contributed by atoms with Crippen LogP contribution in [-0.4, -0.2) is 18.5 Å². The number of nitrogens with one attached hydrogen (secondary N) is 2. The van der Waals surface area contributed by atoms with Crippen LogP contribution in [0.15, 0.2) is 28.7 Å². The highest BCUT2D eigenvalue weighted by Gasteiger charge is 2.53. The van der Waals surface area contributed by atoms with E-state index in [4.69, 9.17) is 0 Å². The highest BCUT2D eigenvalue weighted by atomic mass is 79.9. The molecule has 0 aliphatic heterocycles. The van der Waals surface area contributed by atoms with Crippen LogP contribution in [0.3, 0.4) is 0 Å². The van der Waals surface area contributed by atoms with Gasteiger partial charge in [0, 0.05) is 16.2 Å². The molecule has 0 heterocycles. The molecule has 4 fully saturated rings. The number of hydrogen-bond donors (Lipinski definition) is 2. The maximum absolute atomic E-state index is 12.4. The molecular weight excluding hydrogens is 364 g/mol. The monoisotopic (exact) mass is 390 g/mol. The van der Waals surface area contributed by atoms with E-state index in [2.05, 4.69) is 33.5 Å². The Morgan fingerprint density at radius 3 is 2.21 bits per heavy atom. The van der Waals surface area contributed by atoms with Crippen LogP contribution in [0, 0.1) is 23.2 Å². The molecule has 4 heteroatoms. The second-order valence-corrected chi connectivity index (χ2v) is 9.35. The molecular formula is C20H27BrN2O. The largest absolute Gasteiger partial charge is 0.376 e. The van der Waals surface area contributed by atoms with Crippen molar-refractivity contribution < 1.29 is 4.79 Å². The second kappa shape index (κ2) is 6.36. The maximum atomic E-state index is 12.4. The van der Waals surface area contributed by atoms with Crippen LogP contribution in [0.1, 0.15) is 45.4 Å². The van der Waals surface area contributed by atoms with Gasteiger partial charge in [0.25, 0.3) is 0 Å². The molecule has 130 valence electrons. The minimum atomic E-state index is 0.112. The molecule has 1 aromatic carbocycles. The van der Waals surface area contributed by atoms with E-state index in [0.717, 1.165) is 27.9 Å². The Bertz CT molecular complexity index is 577. The molecule has 0 saturated heterocycles. The predicted molar refractivity (Wildman–Crippen MR) is 101 cm³/mol. The minimum absolute atomic E-state index is 0.112. The van der Waals surface area contributed by atoms with Gasteiger partial charge in [0.05, 0.1) is 6.54 Å². The third kappa shape index (κ3) is 3.22. The van der Waals surface area contributed by atoms with E-state index in [0.29, 0.717) is 18.0 Å². The number of anilines is 1. The van der Waals surface area contributed by atoms with Gasteiger partial charge in [0.2, 0.25) is 5.91 Å². The van der Waals surface area contributed by atoms with Crippen molar-refractivity contribution in [2.45, 2.75) is 51.5 Å². The fourth-order valence-corrected chi connectivity index (χ4v) is 6.17. The number of hydrogen-bond acceptors (Lipinski definition) is 2. The summed E-state index contributed by atoms with van der Waals surface area (Å²) < 4.78 is 1.05. The van der Waals surface area contributed by atoms with E-state index in [1.807, 2.05) is 24.3 Å². The molecule has 1 atom stereocenters. The topological polar surface area (TPSA) is 41.1 Å². The van der Waals surface area contributed by atoms with Gasteiger partial charge in [0.1, 0.15) is 0 Å². The van der Waals surface area contributed by atoms with Crippen LogP contribution in [0.4, 0.5) is 5.69 Å². The highest BCUT2D eigenvalue weighted by molar-refractivity contribution is 9.10. The molecule has 4 saturated carbocycles. The summed E-state index contributed by atoms with van der Waals surface area (Å²) in [7, 11) is 0. The van der Waals surface area contributed by atoms with E-state index in [-0.39, 0.29) is 5.91 Å². The summed E-state index contributed by atoms with van der Waals surface area (Å²) in [5.74, 6) is 2.89. The minimum Gasteiger partial charge on any atom is -0.376 e. The third-order valence-corrected chi connectivity index (χ3v) is 7.21. The van der Waals surface area contributed by atoms with Crippen LogP contribution < -0.4 is 10.6 Å². The lowest BCUT2D eigenvalue weighted by molar-refractivity contribution is -0.124. The first-order valence-corrected chi connectivity index (χ1v) is 10.1. The summed E-state index contributed by atoms with van der Waals surface area (Å²) in [5.41, 5.74) is 1.36. The van der Waals surface area contributed by atoms with E-state index in [1.165, 1.54) is 38.5 Å². The summed E-state index contributed by atoms with van der Waals surface area (Å²) in [6.45, 7) is 2.59. The summed E-state index contributed by atoms with van der Waals surface area (Å²) in [4.78, 5) is 12.4. The van der Waals surface area contributed by atoms with Crippen molar-refractivity contribution in [1.29, 1.82) is 0 Å². The van der Waals surface area contributed by atoms with Gasteiger partial charge < -0.3 is 10.6 Å². The first kappa shape index (κ1) is 16.4. The Labute approximate surface area is 153 Å². The van der Waals surface area contributed by atoms with Crippen molar-refractivity contribution in [3.05, 3.63) is 28.7 Å². The van der Waals surface area contributed by atoms with E-state index < -0.39 is 0 Å². The van der Waals surface area contributed by atoms with Crippen LogP contribution >= 0.6 is 15.9 Å². The van der Waals surface area contributed by atoms with Crippen molar-refractivity contribution in [3.8, 4) is 0 Å². The molecule has 4 bridgehead atoms. The average Bonchev–Trinajstić information content (AvgIpc) is 2.53. The molecule has 24 heavy (non-hydrogen) atoms. The zero-order valence-corrected chi connectivity index (χ0v) is 15.9. The number of halogens is 1. The first-order chi connectivity index (χ1) is 11.5. The average molecular weight is 391 g/mol. The van der Waals surface area contributed by atoms with Gasteiger partial charge in [-0.1, -0.05) is 15.9 Å². The third-order valence-electron chi connectivity index (χ3n) is 6.68. The Kier molecular flexibility index (Phi) is 4.36. The SMILES string of the molecule is C[C@@H](NC(=O)CNc1ccc(Br)cc1)C12CC3CC(CC(C3)C1)C2. The molecule has 0 spiro atoms. The van der Waals surface area contributed by atoms with Crippen LogP contribution in [0.5, 0.6) is 0 Å². The zero-order valence-electron chi connectivity index (χ0n) is 14.4. The highest BCUT2D eigenvalue weighted by Crippen LogP contribution is 2.61. The predicted octanol–water partition coefficient (Wildman–Crippen LogP) is 4.58. The van der Waals surface area contributed by atoms with Gasteiger partial charge in [-0.15, -0.1) is 0 Å². The van der Waals surface area contributed by atoms with Crippen LogP contribution in [0.2, 0.25) is 0 Å². The summed E-state index contributed by atoms with van der Waals surface area (Å²) >= 11 is 3.43. The number of amides is 1. The molecule has 0 unspecified atom stereocenters. The molecule has 2 N–H and O–H groups in total. The maximum Gasteiger partial charge on any atom is 0.239 e. The first-order valence-electron chi connectivity index (χ1n) is 9.31. The van der Waals surface area contributed by atoms with Gasteiger partial charge >= 0.3 is 0 Å². The van der Waals surface area contributed by atoms with E-state index in [1.54, 1.807) is 0 Å². The van der Waals surface area contributed by atoms with Gasteiger partial charge in [-0.3, -0.25) is 4.79 Å². The summed E-state index contributed by atoms with van der Waals surface area (Å²) in [6.07, 6.45) is 8.35. The molecule has 0 aromatic heterocycles. The lowest BCUT2D eigenvalue weighted by Crippen LogP contribution is -2.56. The number of carbonyl (C=O) groups is 1. The number of carbonyl (C=O) groups excluding carboxylic acids is 1. The van der Waals surface area contributed by atoms with Crippen LogP contribution in [-0.2, 0) is 4.79 Å². The Hall–Kier alpha value is -1.03. The molecule has 4 aliphatic carbocycles. The summed E-state index contributed by atoms with van der Waals surface area (Å²) in [5, 5.41) is 6.53. The van der Waals surface area contributed by atoms with Crippen molar-refractivity contribution in [3.63, 3.8) is 0 Å². The molecule has 1 amide bonds. The lowest BCUT2D eigenvalue weighted by atomic mass is 9.48. The van der Waals surface area contributed by atoms with Crippen molar-refractivity contribution >= 4 is 27.5 Å². The van der Waals surface area contributed by atoms with E-state index >= 15 is 0 Å². The van der Waals surface area contributed by atoms with Crippen molar-refractivity contribution in [1.82, 2.24) is 5.32 Å². The van der Waals surface area contributed by atoms with Gasteiger partial charge in [-0.05, 0) is 92.9 Å². The van der Waals surface area contributed by atoms with E-state index in [9.17, 15) is 4.79 Å². The standard InChI is InChI=1S/C20H27BrN2O/c1-13(20-9-14-6-15(10-20)8-16(7-14)11-20)23-19(24)12-22-18-4-2-17(21)3-5-18/h2-5,13-16,22H,6-12H2,1H3,(H,23,24)/t13-,14?,15?,16?,20?/m1/s1. The Morgan fingerprint density at radius 2 is 1.67 bits per heavy atom. The molecule has 0 radical (unpaired) electrons. The normalized spacial score (nSPS) is 34.8. The van der Waals surface area contributed by atoms with Crippen molar-refractivity contribution in [2.75, 3.05) is 11.9 Å². The number of rotatable bonds is 5. The lowest BCUT2D eigenvalue weighted by Gasteiger charge is -2.59. The number of benzene rings is 1. The second-order valence-electron chi connectivity index (χ2n) is 8.43. The Morgan fingerprint density at radius 1 is 1.12 bits per heavy atom. The van der Waals surface area contributed by atoms with Gasteiger partial charge in [0.15, 0.2) is 0 Å². The quantitative estimate of drug-likeness (QED) is 0.771. The summed E-state index contributed by atoms with van der Waals surface area (Å²) in [6, 6.07) is 8.24. The fourth-order valence-electron chi connectivity index (χ4n) is 5.90. The van der Waals surface area contributed by atoms with Gasteiger partial charge in [-0.25, -0.2) is 0 Å². The smallest absolute Gasteiger partial charge is 0.239 e. The molecule has 4 aliphatic rings. The Balaban J connectivity index is 1.33.